The number of carboxylic acids is 1. The molecular weight excluding hydrogens is 268 g/mol. The van der Waals surface area contributed by atoms with Crippen molar-refractivity contribution in [3.63, 3.8) is 0 Å². The number of fused-ring (bicyclic) bond motifs is 1. The first kappa shape index (κ1) is 13.4. The molecular formula is C15H16N4O2. The fourth-order valence-electron chi connectivity index (χ4n) is 2.68. The molecule has 0 amide bonds. The standard InChI is InChI=1S/C15H16N4O2/c1-10(8-18-6-5-16-9-18)19-11(2)17-13-4-3-12(15(20)21)7-14(13)19/h3-7,9-10H,8H2,1-2H3,(H,20,21). The van der Waals surface area contributed by atoms with Crippen molar-refractivity contribution in [3.8, 4) is 0 Å². The van der Waals surface area contributed by atoms with Gasteiger partial charge >= 0.3 is 5.97 Å². The maximum Gasteiger partial charge on any atom is 0.335 e. The van der Waals surface area contributed by atoms with Crippen molar-refractivity contribution in [1.82, 2.24) is 19.1 Å². The molecule has 0 spiro atoms. The molecule has 3 aromatic rings. The van der Waals surface area contributed by atoms with Gasteiger partial charge in [-0.2, -0.15) is 0 Å². The summed E-state index contributed by atoms with van der Waals surface area (Å²) >= 11 is 0. The van der Waals surface area contributed by atoms with Gasteiger partial charge in [-0.3, -0.25) is 0 Å². The van der Waals surface area contributed by atoms with E-state index in [1.807, 2.05) is 17.7 Å². The highest BCUT2D eigenvalue weighted by Gasteiger charge is 2.15. The molecule has 0 saturated carbocycles. The molecule has 1 aromatic carbocycles. The van der Waals surface area contributed by atoms with Crippen LogP contribution >= 0.6 is 0 Å². The zero-order valence-corrected chi connectivity index (χ0v) is 11.9. The van der Waals surface area contributed by atoms with Crippen molar-refractivity contribution in [2.45, 2.75) is 26.4 Å². The van der Waals surface area contributed by atoms with E-state index >= 15 is 0 Å². The van der Waals surface area contributed by atoms with E-state index in [1.54, 1.807) is 30.7 Å². The van der Waals surface area contributed by atoms with Gasteiger partial charge < -0.3 is 14.2 Å². The molecule has 0 saturated heterocycles. The predicted molar refractivity (Wildman–Crippen MR) is 78.4 cm³/mol. The number of rotatable bonds is 4. The fourth-order valence-corrected chi connectivity index (χ4v) is 2.68. The number of aryl methyl sites for hydroxylation is 1. The van der Waals surface area contributed by atoms with E-state index in [0.29, 0.717) is 0 Å². The summed E-state index contributed by atoms with van der Waals surface area (Å²) in [5.41, 5.74) is 1.94. The number of carboxylic acid groups (broad SMARTS) is 1. The first-order chi connectivity index (χ1) is 10.1. The van der Waals surface area contributed by atoms with Crippen LogP contribution in [0.1, 0.15) is 29.1 Å². The number of hydrogen-bond donors (Lipinski definition) is 1. The third-order valence-corrected chi connectivity index (χ3v) is 3.59. The summed E-state index contributed by atoms with van der Waals surface area (Å²) in [5, 5.41) is 9.15. The Kier molecular flexibility index (Phi) is 3.21. The van der Waals surface area contributed by atoms with Crippen molar-refractivity contribution >= 4 is 17.0 Å². The predicted octanol–water partition coefficient (Wildman–Crippen LogP) is 2.50. The minimum absolute atomic E-state index is 0.147. The van der Waals surface area contributed by atoms with E-state index < -0.39 is 5.97 Å². The van der Waals surface area contributed by atoms with Crippen LogP contribution in [-0.2, 0) is 6.54 Å². The van der Waals surface area contributed by atoms with Crippen molar-refractivity contribution in [2.75, 3.05) is 0 Å². The van der Waals surface area contributed by atoms with Gasteiger partial charge in [0.15, 0.2) is 0 Å². The highest BCUT2D eigenvalue weighted by atomic mass is 16.4. The fraction of sp³-hybridized carbons (Fsp3) is 0.267. The first-order valence-corrected chi connectivity index (χ1v) is 6.74. The number of hydrogen-bond acceptors (Lipinski definition) is 3. The summed E-state index contributed by atoms with van der Waals surface area (Å²) in [4.78, 5) is 19.7. The van der Waals surface area contributed by atoms with Crippen molar-refractivity contribution in [1.29, 1.82) is 0 Å². The normalized spacial score (nSPS) is 12.7. The molecule has 0 aliphatic rings. The van der Waals surface area contributed by atoms with E-state index in [4.69, 9.17) is 5.11 Å². The zero-order chi connectivity index (χ0) is 15.0. The number of aromatic carboxylic acids is 1. The summed E-state index contributed by atoms with van der Waals surface area (Å²) in [7, 11) is 0. The van der Waals surface area contributed by atoms with Gasteiger partial charge in [-0.05, 0) is 32.0 Å². The maximum absolute atomic E-state index is 11.1. The van der Waals surface area contributed by atoms with Crippen LogP contribution in [0.25, 0.3) is 11.0 Å². The van der Waals surface area contributed by atoms with Gasteiger partial charge in [-0.1, -0.05) is 0 Å². The summed E-state index contributed by atoms with van der Waals surface area (Å²) in [6.07, 6.45) is 5.43. The Morgan fingerprint density at radius 2 is 2.24 bits per heavy atom. The van der Waals surface area contributed by atoms with Gasteiger partial charge in [0.2, 0.25) is 0 Å². The van der Waals surface area contributed by atoms with Crippen molar-refractivity contribution < 1.29 is 9.90 Å². The summed E-state index contributed by atoms with van der Waals surface area (Å²) < 4.78 is 4.07. The summed E-state index contributed by atoms with van der Waals surface area (Å²) in [6.45, 7) is 4.77. The second-order valence-corrected chi connectivity index (χ2v) is 5.15. The molecule has 6 heteroatoms. The third-order valence-electron chi connectivity index (χ3n) is 3.59. The maximum atomic E-state index is 11.1. The molecule has 0 bridgehead atoms. The van der Waals surface area contributed by atoms with Gasteiger partial charge in [0, 0.05) is 18.9 Å². The molecule has 3 rings (SSSR count). The lowest BCUT2D eigenvalue weighted by atomic mass is 10.2. The molecule has 6 nitrogen and oxygen atoms in total. The number of benzene rings is 1. The SMILES string of the molecule is Cc1nc2ccc(C(=O)O)cc2n1C(C)Cn1ccnc1. The van der Waals surface area contributed by atoms with Crippen LogP contribution in [-0.4, -0.2) is 30.2 Å². The molecule has 108 valence electrons. The van der Waals surface area contributed by atoms with Crippen LogP contribution in [0.15, 0.2) is 36.9 Å². The van der Waals surface area contributed by atoms with Crippen LogP contribution in [0.2, 0.25) is 0 Å². The van der Waals surface area contributed by atoms with Crippen LogP contribution in [0.5, 0.6) is 0 Å². The average molecular weight is 284 g/mol. The van der Waals surface area contributed by atoms with Gasteiger partial charge in [-0.15, -0.1) is 0 Å². The van der Waals surface area contributed by atoms with E-state index in [-0.39, 0.29) is 11.6 Å². The Balaban J connectivity index is 2.05. The lowest BCUT2D eigenvalue weighted by molar-refractivity contribution is 0.0697. The smallest absolute Gasteiger partial charge is 0.335 e. The molecule has 1 N–H and O–H groups in total. The van der Waals surface area contributed by atoms with Crippen LogP contribution < -0.4 is 0 Å². The van der Waals surface area contributed by atoms with Gasteiger partial charge in [0.05, 0.1) is 29.0 Å². The highest BCUT2D eigenvalue weighted by Crippen LogP contribution is 2.23. The Morgan fingerprint density at radius 3 is 2.90 bits per heavy atom. The summed E-state index contributed by atoms with van der Waals surface area (Å²) in [6, 6.07) is 5.17. The summed E-state index contributed by atoms with van der Waals surface area (Å²) in [5.74, 6) is -0.0512. The molecule has 1 unspecified atom stereocenters. The van der Waals surface area contributed by atoms with E-state index in [0.717, 1.165) is 23.4 Å². The average Bonchev–Trinajstić information content (AvgIpc) is 3.03. The Labute approximate surface area is 121 Å². The van der Waals surface area contributed by atoms with Crippen molar-refractivity contribution in [2.24, 2.45) is 0 Å². The highest BCUT2D eigenvalue weighted by molar-refractivity contribution is 5.92. The zero-order valence-electron chi connectivity index (χ0n) is 11.9. The van der Waals surface area contributed by atoms with Crippen LogP contribution in [0.4, 0.5) is 0 Å². The molecule has 0 radical (unpaired) electrons. The van der Waals surface area contributed by atoms with E-state index in [2.05, 4.69) is 21.5 Å². The second-order valence-electron chi connectivity index (χ2n) is 5.15. The van der Waals surface area contributed by atoms with Gasteiger partial charge in [0.1, 0.15) is 5.82 Å². The number of nitrogens with zero attached hydrogens (tertiary/aromatic N) is 4. The minimum Gasteiger partial charge on any atom is -0.478 e. The molecule has 21 heavy (non-hydrogen) atoms. The minimum atomic E-state index is -0.926. The van der Waals surface area contributed by atoms with Crippen molar-refractivity contribution in [3.05, 3.63) is 48.3 Å². The monoisotopic (exact) mass is 284 g/mol. The molecule has 0 aliphatic heterocycles. The number of carbonyl (C=O) groups is 1. The molecule has 1 atom stereocenters. The lowest BCUT2D eigenvalue weighted by Crippen LogP contribution is -2.13. The third kappa shape index (κ3) is 2.40. The molecule has 0 aliphatic carbocycles. The van der Waals surface area contributed by atoms with E-state index in [9.17, 15) is 4.79 Å². The molecule has 2 aromatic heterocycles. The topological polar surface area (TPSA) is 72.9 Å². The largest absolute Gasteiger partial charge is 0.478 e. The molecule has 0 fully saturated rings. The first-order valence-electron chi connectivity index (χ1n) is 6.74. The molecule has 2 heterocycles. The Bertz CT molecular complexity index is 789. The van der Waals surface area contributed by atoms with Gasteiger partial charge in [0.25, 0.3) is 0 Å². The number of aromatic nitrogens is 4. The number of imidazole rings is 2. The Hall–Kier alpha value is -2.63. The second kappa shape index (κ2) is 5.05. The van der Waals surface area contributed by atoms with E-state index in [1.165, 1.54) is 0 Å². The van der Waals surface area contributed by atoms with Crippen LogP contribution in [0.3, 0.4) is 0 Å². The quantitative estimate of drug-likeness (QED) is 0.799. The lowest BCUT2D eigenvalue weighted by Gasteiger charge is -2.17. The van der Waals surface area contributed by atoms with Gasteiger partial charge in [-0.25, -0.2) is 14.8 Å². The van der Waals surface area contributed by atoms with Crippen LogP contribution in [0, 0.1) is 6.92 Å². The Morgan fingerprint density at radius 1 is 1.43 bits per heavy atom.